The second-order valence-electron chi connectivity index (χ2n) is 5.08. The third kappa shape index (κ3) is 1.96. The molecule has 3 aliphatic rings. The molecule has 4 atom stereocenters. The molecule has 0 bridgehead atoms. The highest BCUT2D eigenvalue weighted by atomic mass is 16.5. The van der Waals surface area contributed by atoms with Crippen LogP contribution in [0.4, 0.5) is 0 Å². The Kier molecular flexibility index (Phi) is 2.90. The van der Waals surface area contributed by atoms with Crippen LogP contribution in [0.3, 0.4) is 0 Å². The van der Waals surface area contributed by atoms with Gasteiger partial charge in [-0.15, -0.1) is 0 Å². The zero-order chi connectivity index (χ0) is 13.6. The molecule has 0 aromatic heterocycles. The molecule has 3 heterocycles. The molecule has 8 nitrogen and oxygen atoms in total. The van der Waals surface area contributed by atoms with E-state index < -0.39 is 17.9 Å². The summed E-state index contributed by atoms with van der Waals surface area (Å²) in [5, 5.41) is 18.9. The van der Waals surface area contributed by atoms with Crippen molar-refractivity contribution in [2.45, 2.75) is 37.4 Å². The number of amidine groups is 1. The average molecular weight is 267 g/mol. The Morgan fingerprint density at radius 3 is 3.11 bits per heavy atom. The molecule has 0 aromatic carbocycles. The van der Waals surface area contributed by atoms with Crippen molar-refractivity contribution in [1.29, 1.82) is 0 Å². The summed E-state index contributed by atoms with van der Waals surface area (Å²) in [6.07, 6.45) is 0.236. The Morgan fingerprint density at radius 1 is 1.63 bits per heavy atom. The van der Waals surface area contributed by atoms with Gasteiger partial charge in [-0.2, -0.15) is 0 Å². The third-order valence-electron chi connectivity index (χ3n) is 3.58. The van der Waals surface area contributed by atoms with Crippen LogP contribution in [0.25, 0.3) is 0 Å². The molecule has 1 saturated heterocycles. The molecule has 0 amide bonds. The van der Waals surface area contributed by atoms with E-state index in [2.05, 4.69) is 15.0 Å². The van der Waals surface area contributed by atoms with E-state index >= 15 is 0 Å². The van der Waals surface area contributed by atoms with Crippen LogP contribution < -0.4 is 5.73 Å². The number of nitrogens with zero attached hydrogens (tertiary/aromatic N) is 4. The summed E-state index contributed by atoms with van der Waals surface area (Å²) < 4.78 is 5.61. The average Bonchev–Trinajstić information content (AvgIpc) is 2.92. The van der Waals surface area contributed by atoms with E-state index in [1.54, 1.807) is 6.92 Å². The Morgan fingerprint density at radius 2 is 2.42 bits per heavy atom. The second-order valence-corrected chi connectivity index (χ2v) is 5.08. The van der Waals surface area contributed by atoms with Crippen LogP contribution in [0, 0.1) is 0 Å². The van der Waals surface area contributed by atoms with Crippen molar-refractivity contribution in [2.24, 2.45) is 20.7 Å². The summed E-state index contributed by atoms with van der Waals surface area (Å²) in [7, 11) is 0. The number of ether oxygens (including phenoxy) is 1. The Labute approximate surface area is 110 Å². The smallest absolute Gasteiger partial charge is 0.159 e. The molecule has 8 heteroatoms. The minimum absolute atomic E-state index is 0.207. The van der Waals surface area contributed by atoms with E-state index in [9.17, 15) is 5.11 Å². The first-order valence-corrected chi connectivity index (χ1v) is 6.19. The molecule has 1 unspecified atom stereocenters. The van der Waals surface area contributed by atoms with E-state index in [1.165, 1.54) is 6.34 Å². The van der Waals surface area contributed by atoms with Crippen LogP contribution in [0.5, 0.6) is 0 Å². The van der Waals surface area contributed by atoms with Crippen LogP contribution >= 0.6 is 0 Å². The Bertz CT molecular complexity index is 473. The van der Waals surface area contributed by atoms with Gasteiger partial charge in [0.1, 0.15) is 31.1 Å². The largest absolute Gasteiger partial charge is 0.394 e. The van der Waals surface area contributed by atoms with Gasteiger partial charge >= 0.3 is 0 Å². The molecule has 1 fully saturated rings. The molecule has 104 valence electrons. The number of aliphatic hydroxyl groups is 2. The van der Waals surface area contributed by atoms with E-state index in [0.29, 0.717) is 24.6 Å². The zero-order valence-electron chi connectivity index (χ0n) is 10.6. The predicted molar refractivity (Wildman–Crippen MR) is 69.0 cm³/mol. The van der Waals surface area contributed by atoms with Gasteiger partial charge in [0.15, 0.2) is 11.5 Å². The van der Waals surface area contributed by atoms with Crippen molar-refractivity contribution in [1.82, 2.24) is 4.90 Å². The van der Waals surface area contributed by atoms with Crippen molar-refractivity contribution < 1.29 is 14.9 Å². The monoisotopic (exact) mass is 267 g/mol. The fourth-order valence-electron chi connectivity index (χ4n) is 2.51. The van der Waals surface area contributed by atoms with E-state index in [-0.39, 0.29) is 12.8 Å². The minimum Gasteiger partial charge on any atom is -0.394 e. The van der Waals surface area contributed by atoms with Crippen molar-refractivity contribution >= 4 is 17.9 Å². The van der Waals surface area contributed by atoms with Gasteiger partial charge in [0, 0.05) is 6.42 Å². The number of aliphatic imine (C=N–C) groups is 3. The summed E-state index contributed by atoms with van der Waals surface area (Å²) in [5.41, 5.74) is 5.79. The predicted octanol–water partition coefficient (Wildman–Crippen LogP) is -1.72. The lowest BCUT2D eigenvalue weighted by molar-refractivity contribution is -0.0560. The van der Waals surface area contributed by atoms with Gasteiger partial charge in [-0.1, -0.05) is 0 Å². The molecule has 3 aliphatic heterocycles. The van der Waals surface area contributed by atoms with Crippen LogP contribution in [-0.4, -0.2) is 70.4 Å². The highest BCUT2D eigenvalue weighted by Gasteiger charge is 2.44. The topological polar surface area (TPSA) is 116 Å². The second kappa shape index (κ2) is 4.34. The van der Waals surface area contributed by atoms with Gasteiger partial charge in [0.05, 0.1) is 12.7 Å². The van der Waals surface area contributed by atoms with Gasteiger partial charge in [-0.25, -0.2) is 9.98 Å². The molecule has 0 aliphatic carbocycles. The molecule has 0 radical (unpaired) electrons. The summed E-state index contributed by atoms with van der Waals surface area (Å²) in [4.78, 5) is 14.5. The lowest BCUT2D eigenvalue weighted by Crippen LogP contribution is -2.52. The van der Waals surface area contributed by atoms with Gasteiger partial charge in [-0.05, 0) is 6.92 Å². The van der Waals surface area contributed by atoms with Crippen molar-refractivity contribution in [3.63, 3.8) is 0 Å². The summed E-state index contributed by atoms with van der Waals surface area (Å²) >= 11 is 0. The van der Waals surface area contributed by atoms with Crippen molar-refractivity contribution in [3.8, 4) is 0 Å². The van der Waals surface area contributed by atoms with Gasteiger partial charge in [0.25, 0.3) is 0 Å². The van der Waals surface area contributed by atoms with Crippen LogP contribution in [-0.2, 0) is 4.74 Å². The minimum atomic E-state index is -0.876. The van der Waals surface area contributed by atoms with Gasteiger partial charge in [0.2, 0.25) is 0 Å². The molecule has 4 N–H and O–H groups in total. The Balaban J connectivity index is 1.80. The number of rotatable bonds is 2. The number of aliphatic hydroxyl groups excluding tert-OH is 2. The van der Waals surface area contributed by atoms with Gasteiger partial charge < -0.3 is 25.6 Å². The van der Waals surface area contributed by atoms with Crippen LogP contribution in [0.1, 0.15) is 13.3 Å². The maximum atomic E-state index is 9.78. The number of fused-ring (bicyclic) bond motifs is 1. The van der Waals surface area contributed by atoms with Crippen molar-refractivity contribution in [2.75, 3.05) is 13.3 Å². The molecular weight excluding hydrogens is 250 g/mol. The van der Waals surface area contributed by atoms with E-state index in [4.69, 9.17) is 15.6 Å². The number of hydrogen-bond donors (Lipinski definition) is 3. The van der Waals surface area contributed by atoms with Gasteiger partial charge in [-0.3, -0.25) is 4.99 Å². The molecule has 0 spiro atoms. The molecule has 0 aromatic rings. The van der Waals surface area contributed by atoms with Crippen LogP contribution in [0.15, 0.2) is 15.0 Å². The van der Waals surface area contributed by atoms with E-state index in [0.717, 1.165) is 0 Å². The molecule has 3 rings (SSSR count). The first-order valence-electron chi connectivity index (χ1n) is 6.19. The first kappa shape index (κ1) is 12.7. The van der Waals surface area contributed by atoms with E-state index in [1.807, 2.05) is 4.90 Å². The summed E-state index contributed by atoms with van der Waals surface area (Å²) in [5.74, 6) is 0.635. The quantitative estimate of drug-likeness (QED) is 0.550. The summed E-state index contributed by atoms with van der Waals surface area (Å²) in [6.45, 7) is 1.93. The highest BCUT2D eigenvalue weighted by Crippen LogP contribution is 2.27. The molecular formula is C11H17N5O3. The third-order valence-corrected chi connectivity index (χ3v) is 3.58. The maximum absolute atomic E-state index is 9.78. The maximum Gasteiger partial charge on any atom is 0.159 e. The normalized spacial score (nSPS) is 41.3. The fourth-order valence-corrected chi connectivity index (χ4v) is 2.51. The highest BCUT2D eigenvalue weighted by molar-refractivity contribution is 6.47. The standard InChI is InChI=1S/C11H17N5O3/c1-11(12)9-10(13-4-15-11)16(5-14-9)8-2-6(18)7(3-17)19-8/h4,6-8,17-18H,2-3,5,12H2,1H3/t6-,7+,8+,11?/m0/s1. The number of nitrogens with two attached hydrogens (primary N) is 1. The van der Waals surface area contributed by atoms with Crippen molar-refractivity contribution in [3.05, 3.63) is 0 Å². The molecule has 19 heavy (non-hydrogen) atoms. The fraction of sp³-hybridized carbons (Fsp3) is 0.727. The van der Waals surface area contributed by atoms with Crippen LogP contribution in [0.2, 0.25) is 0 Å². The SMILES string of the molecule is CC1(N)N=CN=C2C1=NCN2[C@H]1C[C@H](O)[C@@H](CO)O1. The number of hydrogen-bond acceptors (Lipinski definition) is 8. The summed E-state index contributed by atoms with van der Waals surface area (Å²) in [6, 6.07) is 0. The Hall–Kier alpha value is -1.35. The zero-order valence-corrected chi connectivity index (χ0v) is 10.6. The molecule has 0 saturated carbocycles. The first-order chi connectivity index (χ1) is 9.03. The lowest BCUT2D eigenvalue weighted by Gasteiger charge is -2.29. The lowest BCUT2D eigenvalue weighted by atomic mass is 10.1.